The van der Waals surface area contributed by atoms with Crippen molar-refractivity contribution >= 4 is 5.95 Å². The van der Waals surface area contributed by atoms with E-state index in [1.807, 2.05) is 6.07 Å². The van der Waals surface area contributed by atoms with Crippen molar-refractivity contribution in [2.24, 2.45) is 0 Å². The number of aromatic nitrogens is 2. The Morgan fingerprint density at radius 2 is 1.90 bits per heavy atom. The van der Waals surface area contributed by atoms with Crippen molar-refractivity contribution in [1.82, 2.24) is 14.9 Å². The number of anilines is 1. The molecule has 0 aliphatic carbocycles. The van der Waals surface area contributed by atoms with Crippen LogP contribution in [0.3, 0.4) is 0 Å². The van der Waals surface area contributed by atoms with E-state index < -0.39 is 6.10 Å². The van der Waals surface area contributed by atoms with Crippen molar-refractivity contribution in [2.75, 3.05) is 64.6 Å². The Hall–Kier alpha value is -1.28. The van der Waals surface area contributed by atoms with Crippen molar-refractivity contribution in [1.29, 1.82) is 0 Å². The zero-order valence-electron chi connectivity index (χ0n) is 12.5. The van der Waals surface area contributed by atoms with Crippen LogP contribution in [0.4, 0.5) is 5.95 Å². The van der Waals surface area contributed by atoms with Crippen molar-refractivity contribution in [3.63, 3.8) is 0 Å². The van der Waals surface area contributed by atoms with E-state index in [1.165, 1.54) is 0 Å². The van der Waals surface area contributed by atoms with Gasteiger partial charge in [-0.05, 0) is 6.07 Å². The summed E-state index contributed by atoms with van der Waals surface area (Å²) in [7, 11) is 1.63. The largest absolute Gasteiger partial charge is 0.389 e. The highest BCUT2D eigenvalue weighted by Crippen LogP contribution is 2.09. The lowest BCUT2D eigenvalue weighted by molar-refractivity contribution is -0.00111. The predicted octanol–water partition coefficient (Wildman–Crippen LogP) is -0.377. The molecule has 1 N–H and O–H groups in total. The quantitative estimate of drug-likeness (QED) is 0.656. The van der Waals surface area contributed by atoms with Gasteiger partial charge in [0, 0.05) is 52.2 Å². The van der Waals surface area contributed by atoms with Gasteiger partial charge >= 0.3 is 0 Å². The summed E-state index contributed by atoms with van der Waals surface area (Å²) in [6, 6.07) is 1.82. The van der Waals surface area contributed by atoms with Crippen LogP contribution in [0, 0.1) is 0 Å². The van der Waals surface area contributed by atoms with Crippen LogP contribution in [0.1, 0.15) is 0 Å². The van der Waals surface area contributed by atoms with E-state index in [2.05, 4.69) is 19.8 Å². The number of aliphatic hydroxyl groups is 1. The number of rotatable bonds is 8. The Bertz CT molecular complexity index is 385. The van der Waals surface area contributed by atoms with Crippen LogP contribution >= 0.6 is 0 Å². The van der Waals surface area contributed by atoms with Crippen molar-refractivity contribution < 1.29 is 14.6 Å². The first kappa shape index (κ1) is 16.1. The maximum Gasteiger partial charge on any atom is 0.225 e. The fourth-order valence-corrected chi connectivity index (χ4v) is 2.30. The number of ether oxygens (including phenoxy) is 2. The molecule has 1 aromatic heterocycles. The van der Waals surface area contributed by atoms with Crippen LogP contribution in [0.25, 0.3) is 0 Å². The zero-order chi connectivity index (χ0) is 14.9. The van der Waals surface area contributed by atoms with Gasteiger partial charge in [-0.2, -0.15) is 0 Å². The van der Waals surface area contributed by atoms with Gasteiger partial charge in [-0.3, -0.25) is 4.90 Å². The lowest BCUT2D eigenvalue weighted by Gasteiger charge is -2.35. The Balaban J connectivity index is 1.65. The van der Waals surface area contributed by atoms with Crippen LogP contribution in [-0.2, 0) is 9.47 Å². The summed E-state index contributed by atoms with van der Waals surface area (Å²) in [5.41, 5.74) is 0. The lowest BCUT2D eigenvalue weighted by Crippen LogP contribution is -2.49. The first-order chi connectivity index (χ1) is 10.3. The molecule has 0 spiro atoms. The third-order valence-electron chi connectivity index (χ3n) is 3.42. The Labute approximate surface area is 125 Å². The van der Waals surface area contributed by atoms with Gasteiger partial charge in [0.2, 0.25) is 5.95 Å². The van der Waals surface area contributed by atoms with Gasteiger partial charge in [-0.25, -0.2) is 9.97 Å². The molecule has 1 saturated heterocycles. The molecule has 1 atom stereocenters. The third-order valence-corrected chi connectivity index (χ3v) is 3.42. The molecule has 21 heavy (non-hydrogen) atoms. The molecular formula is C14H24N4O3. The number of β-amino-alcohol motifs (C(OH)–C–C–N with tert-alkyl or cyclic N) is 1. The summed E-state index contributed by atoms with van der Waals surface area (Å²) in [6.07, 6.45) is 3.06. The molecule has 2 heterocycles. The zero-order valence-corrected chi connectivity index (χ0v) is 12.5. The lowest BCUT2D eigenvalue weighted by atomic mass is 10.2. The summed E-state index contributed by atoms with van der Waals surface area (Å²) < 4.78 is 10.2. The Morgan fingerprint density at radius 3 is 2.57 bits per heavy atom. The Morgan fingerprint density at radius 1 is 1.19 bits per heavy atom. The van der Waals surface area contributed by atoms with Gasteiger partial charge in [-0.15, -0.1) is 0 Å². The van der Waals surface area contributed by atoms with Crippen molar-refractivity contribution in [3.8, 4) is 0 Å². The molecule has 1 fully saturated rings. The summed E-state index contributed by atoms with van der Waals surface area (Å²) in [4.78, 5) is 12.9. The van der Waals surface area contributed by atoms with Crippen molar-refractivity contribution in [3.05, 3.63) is 18.5 Å². The SMILES string of the molecule is COCCOCC(O)CN1CCN(c2ncccn2)CC1. The first-order valence-corrected chi connectivity index (χ1v) is 7.28. The molecule has 7 heteroatoms. The minimum Gasteiger partial charge on any atom is -0.389 e. The second-order valence-electron chi connectivity index (χ2n) is 5.06. The second kappa shape index (κ2) is 8.89. The van der Waals surface area contributed by atoms with Gasteiger partial charge in [0.15, 0.2) is 0 Å². The number of hydrogen-bond acceptors (Lipinski definition) is 7. The first-order valence-electron chi connectivity index (χ1n) is 7.28. The highest BCUT2D eigenvalue weighted by atomic mass is 16.5. The maximum absolute atomic E-state index is 9.94. The molecule has 0 radical (unpaired) electrons. The van der Waals surface area contributed by atoms with E-state index in [-0.39, 0.29) is 0 Å². The summed E-state index contributed by atoms with van der Waals surface area (Å²) in [5.74, 6) is 0.778. The minimum atomic E-state index is -0.457. The highest BCUT2D eigenvalue weighted by molar-refractivity contribution is 5.29. The van der Waals surface area contributed by atoms with E-state index in [0.717, 1.165) is 32.1 Å². The molecule has 0 saturated carbocycles. The molecule has 118 valence electrons. The molecule has 2 rings (SSSR count). The molecule has 7 nitrogen and oxygen atoms in total. The number of piperazine rings is 1. The van der Waals surface area contributed by atoms with Crippen LogP contribution in [0.15, 0.2) is 18.5 Å². The summed E-state index contributed by atoms with van der Waals surface area (Å²) >= 11 is 0. The van der Waals surface area contributed by atoms with Crippen LogP contribution in [-0.4, -0.2) is 85.7 Å². The molecular weight excluding hydrogens is 272 g/mol. The fraction of sp³-hybridized carbons (Fsp3) is 0.714. The van der Waals surface area contributed by atoms with Gasteiger partial charge in [0.25, 0.3) is 0 Å². The molecule has 1 aromatic rings. The van der Waals surface area contributed by atoms with Crippen LogP contribution in [0.5, 0.6) is 0 Å². The standard InChI is InChI=1S/C14H24N4O3/c1-20-9-10-21-12-13(19)11-17-5-7-18(8-6-17)14-15-3-2-4-16-14/h2-4,13,19H,5-12H2,1H3. The molecule has 1 unspecified atom stereocenters. The average Bonchev–Trinajstić information content (AvgIpc) is 2.53. The summed E-state index contributed by atoms with van der Waals surface area (Å²) in [5, 5.41) is 9.94. The number of methoxy groups -OCH3 is 1. The van der Waals surface area contributed by atoms with Crippen LogP contribution in [0.2, 0.25) is 0 Å². The van der Waals surface area contributed by atoms with Gasteiger partial charge < -0.3 is 19.5 Å². The third kappa shape index (κ3) is 5.55. The van der Waals surface area contributed by atoms with Gasteiger partial charge in [0.1, 0.15) is 0 Å². The van der Waals surface area contributed by atoms with E-state index in [9.17, 15) is 5.11 Å². The van der Waals surface area contributed by atoms with E-state index >= 15 is 0 Å². The van der Waals surface area contributed by atoms with Crippen molar-refractivity contribution in [2.45, 2.75) is 6.10 Å². The number of nitrogens with zero attached hydrogens (tertiary/aromatic N) is 4. The molecule has 0 aromatic carbocycles. The van der Waals surface area contributed by atoms with E-state index in [1.54, 1.807) is 19.5 Å². The molecule has 1 aliphatic heterocycles. The topological polar surface area (TPSA) is 71.0 Å². The van der Waals surface area contributed by atoms with Gasteiger partial charge in [0.05, 0.1) is 25.9 Å². The second-order valence-corrected chi connectivity index (χ2v) is 5.06. The fourth-order valence-electron chi connectivity index (χ4n) is 2.30. The van der Waals surface area contributed by atoms with Gasteiger partial charge in [-0.1, -0.05) is 0 Å². The number of hydrogen-bond donors (Lipinski definition) is 1. The highest BCUT2D eigenvalue weighted by Gasteiger charge is 2.20. The molecule has 0 bridgehead atoms. The maximum atomic E-state index is 9.94. The normalized spacial score (nSPS) is 17.9. The minimum absolute atomic E-state index is 0.353. The monoisotopic (exact) mass is 296 g/mol. The molecule has 0 amide bonds. The summed E-state index contributed by atoms with van der Waals surface area (Å²) in [6.45, 7) is 5.61. The molecule has 1 aliphatic rings. The van der Waals surface area contributed by atoms with Crippen LogP contribution < -0.4 is 4.90 Å². The van der Waals surface area contributed by atoms with E-state index in [4.69, 9.17) is 9.47 Å². The van der Waals surface area contributed by atoms with E-state index in [0.29, 0.717) is 26.4 Å². The Kier molecular flexibility index (Phi) is 6.81. The smallest absolute Gasteiger partial charge is 0.225 e. The predicted molar refractivity (Wildman–Crippen MR) is 79.4 cm³/mol. The number of aliphatic hydroxyl groups excluding tert-OH is 1. The average molecular weight is 296 g/mol.